The fraction of sp³-hybridized carbons (Fsp3) is 0.444. The van der Waals surface area contributed by atoms with Gasteiger partial charge in [-0.3, -0.25) is 9.59 Å². The highest BCUT2D eigenvalue weighted by Crippen LogP contribution is 2.34. The Bertz CT molecular complexity index is 2840. The fourth-order valence-corrected chi connectivity index (χ4v) is 11.4. The zero-order chi connectivity index (χ0) is 62.7. The second-order valence-corrected chi connectivity index (χ2v) is 24.1. The summed E-state index contributed by atoms with van der Waals surface area (Å²) in [4.78, 5) is 25.4. The van der Waals surface area contributed by atoms with Crippen LogP contribution in [0.2, 0.25) is 0 Å². The van der Waals surface area contributed by atoms with Crippen molar-refractivity contribution in [2.24, 2.45) is 0 Å². The topological polar surface area (TPSA) is 154 Å². The van der Waals surface area contributed by atoms with Gasteiger partial charge in [0.05, 0.1) is 59.5 Å². The van der Waals surface area contributed by atoms with Gasteiger partial charge in [-0.25, -0.2) is 0 Å². The average molecular weight is 1390 g/mol. The summed E-state index contributed by atoms with van der Waals surface area (Å²) in [6.45, 7) is 10.6. The molecule has 6 aromatic carbocycles. The Balaban J connectivity index is 0.000000287. The fourth-order valence-electron chi connectivity index (χ4n) is 10.2. The monoisotopic (exact) mass is 1380 g/mol. The largest absolute Gasteiger partial charge is 0.454 e. The number of alkyl halides is 2. The Hall–Kier alpha value is -5.05. The number of methoxy groups -OCH3 is 1. The number of unbranched alkanes of at least 4 members (excludes halogenated alkanes) is 1. The van der Waals surface area contributed by atoms with E-state index in [2.05, 4.69) is 38.4 Å². The van der Waals surface area contributed by atoms with Gasteiger partial charge in [0.25, 0.3) is 0 Å². The molecule has 90 heavy (non-hydrogen) atoms. The number of benzene rings is 6. The maximum Gasteiger partial charge on any atom is 0.303 e. The third-order valence-corrected chi connectivity index (χ3v) is 17.6. The molecule has 2 aliphatic rings. The Morgan fingerprint density at radius 2 is 0.733 bits per heavy atom. The minimum absolute atomic E-state index is 0. The van der Waals surface area contributed by atoms with Crippen LogP contribution in [0.5, 0.6) is 0 Å². The van der Waals surface area contributed by atoms with Crippen molar-refractivity contribution in [1.29, 1.82) is 0 Å². The summed E-state index contributed by atoms with van der Waals surface area (Å²) in [5.74, 6) is -0.906. The van der Waals surface area contributed by atoms with E-state index in [0.717, 1.165) is 78.5 Å². The maximum absolute atomic E-state index is 12.5. The molecule has 18 heteroatoms. The van der Waals surface area contributed by atoms with E-state index in [1.165, 1.54) is 13.8 Å². The summed E-state index contributed by atoms with van der Waals surface area (Å²) in [6.07, 6.45) is -0.114. The van der Waals surface area contributed by atoms with Crippen LogP contribution in [0.4, 0.5) is 0 Å². The first-order chi connectivity index (χ1) is 43.6. The number of hydrogen-bond donors (Lipinski definition) is 0. The lowest BCUT2D eigenvalue weighted by Crippen LogP contribution is -2.62. The quantitative estimate of drug-likeness (QED) is 0.0119. The van der Waals surface area contributed by atoms with Gasteiger partial charge < -0.3 is 61.6 Å². The molecule has 2 heterocycles. The van der Waals surface area contributed by atoms with Gasteiger partial charge in [-0.1, -0.05) is 220 Å². The third kappa shape index (κ3) is 26.5. The lowest BCUT2D eigenvalue weighted by Gasteiger charge is -2.45. The lowest BCUT2D eigenvalue weighted by molar-refractivity contribution is -0.321. The zero-order valence-corrected chi connectivity index (χ0v) is 56.7. The van der Waals surface area contributed by atoms with E-state index in [9.17, 15) is 9.59 Å². The van der Waals surface area contributed by atoms with Crippen LogP contribution in [-0.2, 0) is 111 Å². The van der Waals surface area contributed by atoms with E-state index in [-0.39, 0.29) is 27.9 Å². The van der Waals surface area contributed by atoms with Crippen molar-refractivity contribution >= 4 is 53.7 Å². The minimum Gasteiger partial charge on any atom is -0.454 e. The van der Waals surface area contributed by atoms with Crippen molar-refractivity contribution in [1.82, 2.24) is 0 Å². The molecule has 7 unspecified atom stereocenters. The second-order valence-electron chi connectivity index (χ2n) is 21.8. The maximum atomic E-state index is 12.5. The van der Waals surface area contributed by atoms with Gasteiger partial charge in [0, 0.05) is 43.8 Å². The van der Waals surface area contributed by atoms with Crippen LogP contribution < -0.4 is 0 Å². The molecule has 0 amide bonds. The predicted octanol–water partition coefficient (Wildman–Crippen LogP) is 13.9. The summed E-state index contributed by atoms with van der Waals surface area (Å²) < 4.78 is 80.9. The molecule has 2 saturated heterocycles. The molecule has 8 rings (SSSR count). The summed E-state index contributed by atoms with van der Waals surface area (Å²) in [5, 5.41) is 0. The van der Waals surface area contributed by atoms with Gasteiger partial charge >= 0.3 is 11.9 Å². The van der Waals surface area contributed by atoms with E-state index in [1.807, 2.05) is 188 Å². The Kier molecular flexibility index (Phi) is 35.3. The predicted molar refractivity (Wildman–Crippen MR) is 359 cm³/mol. The van der Waals surface area contributed by atoms with E-state index in [1.54, 1.807) is 7.11 Å². The molecule has 0 aliphatic carbocycles. The Labute approximate surface area is 552 Å². The SMILES string of the molecule is C=CCCCO[C@H]1OC(COCc2ccccc2)[C@@H](OCc2ccccc2)[C@@H](OCc2ccccc2)C1OC(C)=O.COCCCC(Br)C(Br)CCCO[C@H]1OC(COCc2ccccc2)[C@@H](OCc2ccccc2)[C@@H](OCc2ccccc2)C1OC(C)=O.P. The molecule has 0 bridgehead atoms. The highest BCUT2D eigenvalue weighted by molar-refractivity contribution is 9.12. The first-order valence-corrected chi connectivity index (χ1v) is 32.5. The highest BCUT2D eigenvalue weighted by atomic mass is 79.9. The number of carbonyl (C=O) groups excluding carboxylic acids is 2. The standard InChI is InChI=1S/C38H48Br2O8.C34H40O7.H3P/c1-28(41)47-37-36(46-26-31-18-10-5-11-19-31)35(45-25-30-16-8-4-9-17-30)34(27-43-24-29-14-6-3-7-15-29)48-38(37)44-23-13-21-33(40)32(39)20-12-22-42-2;1-3-4-14-21-37-34-33(40-26(2)35)32(39-24-29-19-12-7-13-20-29)31(38-23-28-17-10-6-11-18-28)30(41-34)25-36-22-27-15-8-5-9-16-27;/h3-11,14-19,32-38H,12-13,20-27H2,1-2H3;3,5-13,15-20,30-34H,1,4,14,21-25H2,2H3;1H3/t32?,33?,34?,35-,36-,37?,38+;30?,31-,32-,33?,34+;/m11./s1. The average Bonchev–Trinajstić information content (AvgIpc) is 1.17. The molecular formula is C72H91Br2O15P. The molecule has 0 N–H and O–H groups in total. The molecule has 13 atom stereocenters. The van der Waals surface area contributed by atoms with Crippen molar-refractivity contribution < 1.29 is 71.2 Å². The first-order valence-electron chi connectivity index (χ1n) is 30.7. The van der Waals surface area contributed by atoms with Crippen LogP contribution >= 0.6 is 41.8 Å². The van der Waals surface area contributed by atoms with Crippen molar-refractivity contribution in [3.8, 4) is 0 Å². The van der Waals surface area contributed by atoms with E-state index in [4.69, 9.17) is 61.6 Å². The molecule has 488 valence electrons. The minimum atomic E-state index is -0.883. The summed E-state index contributed by atoms with van der Waals surface area (Å²) in [6, 6.07) is 59.5. The second kappa shape index (κ2) is 43.0. The normalized spacial score (nSPS) is 22.0. The lowest BCUT2D eigenvalue weighted by atomic mass is 9.97. The van der Waals surface area contributed by atoms with Crippen molar-refractivity contribution in [3.63, 3.8) is 0 Å². The smallest absolute Gasteiger partial charge is 0.303 e. The van der Waals surface area contributed by atoms with Gasteiger partial charge in [-0.15, -0.1) is 6.58 Å². The molecule has 2 fully saturated rings. The molecule has 2 aliphatic heterocycles. The Morgan fingerprint density at radius 3 is 1.04 bits per heavy atom. The molecular weight excluding hydrogens is 1300 g/mol. The molecule has 0 saturated carbocycles. The Morgan fingerprint density at radius 1 is 0.433 bits per heavy atom. The number of allylic oxidation sites excluding steroid dienone is 1. The van der Waals surface area contributed by atoms with Crippen LogP contribution in [0.1, 0.15) is 85.8 Å². The van der Waals surface area contributed by atoms with Crippen molar-refractivity contribution in [2.75, 3.05) is 40.1 Å². The van der Waals surface area contributed by atoms with Crippen LogP contribution in [-0.4, -0.2) is 123 Å². The first kappa shape index (κ1) is 74.0. The van der Waals surface area contributed by atoms with Gasteiger partial charge in [-0.2, -0.15) is 9.90 Å². The van der Waals surface area contributed by atoms with Crippen LogP contribution in [0.3, 0.4) is 0 Å². The number of hydrogen-bond acceptors (Lipinski definition) is 15. The van der Waals surface area contributed by atoms with Gasteiger partial charge in [0.2, 0.25) is 0 Å². The number of esters is 2. The molecule has 6 aromatic rings. The number of ether oxygens (including phenoxy) is 13. The van der Waals surface area contributed by atoms with Crippen molar-refractivity contribution in [2.45, 2.75) is 163 Å². The number of rotatable bonds is 37. The van der Waals surface area contributed by atoms with Crippen LogP contribution in [0.15, 0.2) is 195 Å². The van der Waals surface area contributed by atoms with Crippen LogP contribution in [0.25, 0.3) is 0 Å². The number of carbonyl (C=O) groups is 2. The third-order valence-electron chi connectivity index (χ3n) is 14.7. The van der Waals surface area contributed by atoms with Gasteiger partial charge in [-0.05, 0) is 71.9 Å². The zero-order valence-electron chi connectivity index (χ0n) is 52.1. The summed E-state index contributed by atoms with van der Waals surface area (Å²) in [5.41, 5.74) is 6.08. The number of halogens is 2. The van der Waals surface area contributed by atoms with E-state index < -0.39 is 73.4 Å². The van der Waals surface area contributed by atoms with Crippen molar-refractivity contribution in [3.05, 3.63) is 228 Å². The molecule has 0 radical (unpaired) electrons. The molecule has 0 aromatic heterocycles. The van der Waals surface area contributed by atoms with Crippen LogP contribution in [0, 0.1) is 0 Å². The van der Waals surface area contributed by atoms with E-state index >= 15 is 0 Å². The molecule has 15 nitrogen and oxygen atoms in total. The summed E-state index contributed by atoms with van der Waals surface area (Å²) >= 11 is 7.62. The summed E-state index contributed by atoms with van der Waals surface area (Å²) in [7, 11) is 1.72. The highest BCUT2D eigenvalue weighted by Gasteiger charge is 2.52. The van der Waals surface area contributed by atoms with Gasteiger partial charge in [0.15, 0.2) is 24.8 Å². The molecule has 0 spiro atoms. The van der Waals surface area contributed by atoms with E-state index in [0.29, 0.717) is 57.7 Å². The van der Waals surface area contributed by atoms with Gasteiger partial charge in [0.1, 0.15) is 36.6 Å².